The van der Waals surface area contributed by atoms with Crippen LogP contribution in [-0.2, 0) is 17.4 Å². The van der Waals surface area contributed by atoms with E-state index in [0.717, 1.165) is 12.1 Å². The Morgan fingerprint density at radius 2 is 1.58 bits per heavy atom. The summed E-state index contributed by atoms with van der Waals surface area (Å²) >= 11 is -2.47. The van der Waals surface area contributed by atoms with Crippen molar-refractivity contribution in [2.45, 2.75) is 26.1 Å². The number of benzene rings is 2. The van der Waals surface area contributed by atoms with Gasteiger partial charge in [0.25, 0.3) is 0 Å². The highest BCUT2D eigenvalue weighted by atomic mass is 32.2. The van der Waals surface area contributed by atoms with E-state index in [2.05, 4.69) is 10.0 Å². The third-order valence-electron chi connectivity index (χ3n) is 3.20. The van der Waals surface area contributed by atoms with E-state index in [4.69, 9.17) is 0 Å². The topological polar surface area (TPSA) is 64.2 Å². The van der Waals surface area contributed by atoms with Gasteiger partial charge in [-0.3, -0.25) is 4.21 Å². The first-order valence-electron chi connectivity index (χ1n) is 7.11. The summed E-state index contributed by atoms with van der Waals surface area (Å²) in [6.07, 6.45) is -4.38. The molecule has 0 spiro atoms. The van der Waals surface area contributed by atoms with Crippen molar-refractivity contribution >= 4 is 22.6 Å². The van der Waals surface area contributed by atoms with E-state index in [9.17, 15) is 21.9 Å². The van der Waals surface area contributed by atoms with Gasteiger partial charge in [-0.25, -0.2) is 0 Å². The number of anilines is 2. The monoisotopic (exact) mass is 357 g/mol. The van der Waals surface area contributed by atoms with Gasteiger partial charge in [0.1, 0.15) is 0 Å². The van der Waals surface area contributed by atoms with Crippen molar-refractivity contribution in [1.82, 2.24) is 0 Å². The van der Waals surface area contributed by atoms with Crippen LogP contribution in [0.15, 0.2) is 42.5 Å². The molecule has 0 heterocycles. The highest BCUT2D eigenvalue weighted by molar-refractivity contribution is 7.80. The maximum Gasteiger partial charge on any atom is 0.416 e. The second kappa shape index (κ2) is 7.23. The van der Waals surface area contributed by atoms with Gasteiger partial charge in [-0.2, -0.15) is 13.2 Å². The third kappa shape index (κ3) is 4.72. The van der Waals surface area contributed by atoms with Crippen LogP contribution in [-0.4, -0.2) is 14.8 Å². The van der Waals surface area contributed by atoms with Gasteiger partial charge in [0.05, 0.1) is 16.9 Å². The van der Waals surface area contributed by atoms with Gasteiger partial charge < -0.3 is 14.6 Å². The molecular formula is C16H16F3N2O2S-. The van der Waals surface area contributed by atoms with Gasteiger partial charge in [-0.1, -0.05) is 18.2 Å². The summed E-state index contributed by atoms with van der Waals surface area (Å²) in [5.41, 5.74) is 1.48. The Labute approximate surface area is 140 Å². The van der Waals surface area contributed by atoms with Gasteiger partial charge in [-0.05, 0) is 49.2 Å². The molecule has 130 valence electrons. The summed E-state index contributed by atoms with van der Waals surface area (Å²) in [5, 5.41) is 3.11. The van der Waals surface area contributed by atoms with Crippen molar-refractivity contribution in [1.29, 1.82) is 0 Å². The molecule has 8 heteroatoms. The Hall–Kier alpha value is -2.06. The second-order valence-corrected chi connectivity index (χ2v) is 6.14. The summed E-state index contributed by atoms with van der Waals surface area (Å²) in [6.45, 7) is 3.78. The molecule has 1 unspecified atom stereocenters. The molecule has 0 bridgehead atoms. The highest BCUT2D eigenvalue weighted by Gasteiger charge is 2.29. The van der Waals surface area contributed by atoms with E-state index < -0.39 is 23.0 Å². The maximum absolute atomic E-state index is 12.6. The third-order valence-corrected chi connectivity index (χ3v) is 3.59. The minimum Gasteiger partial charge on any atom is -0.755 e. The average molecular weight is 357 g/mol. The summed E-state index contributed by atoms with van der Waals surface area (Å²) in [7, 11) is 0. The molecule has 24 heavy (non-hydrogen) atoms. The summed E-state index contributed by atoms with van der Waals surface area (Å²) in [4.78, 5) is 0. The van der Waals surface area contributed by atoms with Crippen molar-refractivity contribution in [3.8, 4) is 11.1 Å². The minimum absolute atomic E-state index is 0.0495. The number of rotatable bonds is 5. The van der Waals surface area contributed by atoms with Crippen molar-refractivity contribution in [2.75, 3.05) is 10.0 Å². The zero-order valence-electron chi connectivity index (χ0n) is 13.0. The van der Waals surface area contributed by atoms with Crippen molar-refractivity contribution in [3.05, 3.63) is 48.0 Å². The molecule has 2 aromatic rings. The van der Waals surface area contributed by atoms with Crippen LogP contribution >= 0.6 is 0 Å². The summed E-state index contributed by atoms with van der Waals surface area (Å²) < 4.78 is 61.9. The van der Waals surface area contributed by atoms with E-state index in [-0.39, 0.29) is 6.04 Å². The van der Waals surface area contributed by atoms with Gasteiger partial charge in [0.15, 0.2) is 0 Å². The van der Waals surface area contributed by atoms with Crippen molar-refractivity contribution in [3.63, 3.8) is 0 Å². The number of hydrogen-bond acceptors (Lipinski definition) is 3. The maximum atomic E-state index is 12.6. The molecule has 1 atom stereocenters. The lowest BCUT2D eigenvalue weighted by Crippen LogP contribution is -2.13. The number of nitrogens with one attached hydrogen (secondary N) is 2. The fourth-order valence-electron chi connectivity index (χ4n) is 2.18. The average Bonchev–Trinajstić information content (AvgIpc) is 2.47. The molecule has 0 aliphatic heterocycles. The molecule has 2 rings (SSSR count). The lowest BCUT2D eigenvalue weighted by molar-refractivity contribution is -0.137. The molecule has 0 saturated heterocycles. The molecule has 2 N–H and O–H groups in total. The SMILES string of the molecule is CC(C)Nc1cc(-c2ccc(C(F)(F)F)cc2)ccc1NS(=O)[O-]. The van der Waals surface area contributed by atoms with E-state index in [1.807, 2.05) is 13.8 Å². The molecule has 4 nitrogen and oxygen atoms in total. The predicted octanol–water partition coefficient (Wildman–Crippen LogP) is 4.40. The first kappa shape index (κ1) is 18.3. The van der Waals surface area contributed by atoms with Crippen LogP contribution in [0.3, 0.4) is 0 Å². The Balaban J connectivity index is 2.38. The molecule has 0 aliphatic rings. The number of halogens is 3. The largest absolute Gasteiger partial charge is 0.755 e. The highest BCUT2D eigenvalue weighted by Crippen LogP contribution is 2.33. The Kier molecular flexibility index (Phi) is 5.51. The molecule has 0 aliphatic carbocycles. The van der Waals surface area contributed by atoms with Crippen LogP contribution in [0, 0.1) is 0 Å². The minimum atomic E-state index is -4.38. The fourth-order valence-corrected chi connectivity index (χ4v) is 2.54. The molecule has 2 aromatic carbocycles. The molecule has 0 saturated carbocycles. The second-order valence-electron chi connectivity index (χ2n) is 5.47. The van der Waals surface area contributed by atoms with Gasteiger partial charge in [-0.15, -0.1) is 0 Å². The van der Waals surface area contributed by atoms with E-state index in [0.29, 0.717) is 22.5 Å². The van der Waals surface area contributed by atoms with Crippen LogP contribution < -0.4 is 10.0 Å². The van der Waals surface area contributed by atoms with Gasteiger partial charge in [0.2, 0.25) is 0 Å². The van der Waals surface area contributed by atoms with Crippen LogP contribution in [0.2, 0.25) is 0 Å². The zero-order chi connectivity index (χ0) is 17.9. The molecule has 0 aromatic heterocycles. The van der Waals surface area contributed by atoms with Gasteiger partial charge >= 0.3 is 6.18 Å². The van der Waals surface area contributed by atoms with Crippen LogP contribution in [0.4, 0.5) is 24.5 Å². The molecule has 0 fully saturated rings. The quantitative estimate of drug-likeness (QED) is 0.780. The Morgan fingerprint density at radius 3 is 2.08 bits per heavy atom. The van der Waals surface area contributed by atoms with Crippen molar-refractivity contribution in [2.24, 2.45) is 0 Å². The normalized spacial score (nSPS) is 13.0. The van der Waals surface area contributed by atoms with Gasteiger partial charge in [0, 0.05) is 17.3 Å². The predicted molar refractivity (Wildman–Crippen MR) is 88.2 cm³/mol. The van der Waals surface area contributed by atoms with E-state index in [1.165, 1.54) is 12.1 Å². The summed E-state index contributed by atoms with van der Waals surface area (Å²) in [6, 6.07) is 9.75. The Bertz CT molecular complexity index is 731. The van der Waals surface area contributed by atoms with Crippen LogP contribution in [0.5, 0.6) is 0 Å². The smallest absolute Gasteiger partial charge is 0.416 e. The summed E-state index contributed by atoms with van der Waals surface area (Å²) in [5.74, 6) is 0. The van der Waals surface area contributed by atoms with Crippen molar-refractivity contribution < 1.29 is 21.9 Å². The standard InChI is InChI=1S/C16H17F3N2O2S/c1-10(2)20-15-9-12(5-8-14(15)21-24(22)23)11-3-6-13(7-4-11)16(17,18)19/h3-10,20-21H,1-2H3,(H,22,23)/p-1. The first-order valence-corrected chi connectivity index (χ1v) is 8.18. The Morgan fingerprint density at radius 1 is 1.00 bits per heavy atom. The fraction of sp³-hybridized carbons (Fsp3) is 0.250. The van der Waals surface area contributed by atoms with Crippen LogP contribution in [0.1, 0.15) is 19.4 Å². The lowest BCUT2D eigenvalue weighted by atomic mass is 10.0. The lowest BCUT2D eigenvalue weighted by Gasteiger charge is -2.18. The molecule has 0 radical (unpaired) electrons. The van der Waals surface area contributed by atoms with E-state index in [1.54, 1.807) is 18.2 Å². The number of alkyl halides is 3. The number of hydrogen-bond donors (Lipinski definition) is 2. The zero-order valence-corrected chi connectivity index (χ0v) is 13.8. The molecule has 0 amide bonds. The molecular weight excluding hydrogens is 341 g/mol. The van der Waals surface area contributed by atoms with E-state index >= 15 is 0 Å². The first-order chi connectivity index (χ1) is 11.2. The van der Waals surface area contributed by atoms with Crippen LogP contribution in [0.25, 0.3) is 11.1 Å².